The second-order valence-corrected chi connectivity index (χ2v) is 9.86. The number of benzene rings is 1. The summed E-state index contributed by atoms with van der Waals surface area (Å²) in [7, 11) is 1.34. The van der Waals surface area contributed by atoms with Gasteiger partial charge in [0.25, 0.3) is 5.88 Å². The minimum absolute atomic E-state index is 0.0394. The molecule has 2 heterocycles. The molecular formula is C24H27FN4O4S. The molecule has 1 aliphatic carbocycles. The van der Waals surface area contributed by atoms with Crippen molar-refractivity contribution in [2.24, 2.45) is 11.8 Å². The van der Waals surface area contributed by atoms with Gasteiger partial charge in [0.05, 0.1) is 24.1 Å². The Morgan fingerprint density at radius 1 is 1.21 bits per heavy atom. The van der Waals surface area contributed by atoms with Crippen LogP contribution in [0.5, 0.6) is 5.88 Å². The zero-order valence-corrected chi connectivity index (χ0v) is 20.0. The molecule has 1 saturated carbocycles. The number of carbonyl (C=O) groups is 1. The normalized spacial score (nSPS) is 19.9. The highest BCUT2D eigenvalue weighted by Gasteiger charge is 2.40. The molecule has 3 aromatic rings. The summed E-state index contributed by atoms with van der Waals surface area (Å²) in [6, 6.07) is 5.85. The summed E-state index contributed by atoms with van der Waals surface area (Å²) in [4.78, 5) is 24.6. The first-order valence-corrected chi connectivity index (χ1v) is 11.9. The van der Waals surface area contributed by atoms with Crippen molar-refractivity contribution in [3.63, 3.8) is 0 Å². The van der Waals surface area contributed by atoms with Gasteiger partial charge in [-0.05, 0) is 68.7 Å². The van der Waals surface area contributed by atoms with E-state index in [-0.39, 0.29) is 23.7 Å². The lowest BCUT2D eigenvalue weighted by atomic mass is 9.74. The lowest BCUT2D eigenvalue weighted by Gasteiger charge is -2.35. The van der Waals surface area contributed by atoms with Gasteiger partial charge < -0.3 is 20.3 Å². The Hall–Kier alpha value is -3.11. The smallest absolute Gasteiger partial charge is 0.306 e. The molecule has 1 aromatic carbocycles. The van der Waals surface area contributed by atoms with Crippen LogP contribution in [-0.4, -0.2) is 38.2 Å². The SMILES string of the molecule is COc1nc(Nc2cc(C)cc(-c3cnc(C(C)(O)C4CCC(C(=O)O)CC4)s3)c2)ncc1F. The van der Waals surface area contributed by atoms with E-state index in [9.17, 15) is 19.4 Å². The van der Waals surface area contributed by atoms with E-state index < -0.39 is 17.4 Å². The van der Waals surface area contributed by atoms with Crippen LogP contribution in [0, 0.1) is 24.6 Å². The number of halogens is 1. The zero-order valence-electron chi connectivity index (χ0n) is 19.2. The van der Waals surface area contributed by atoms with Crippen molar-refractivity contribution in [3.05, 3.63) is 47.0 Å². The number of hydrogen-bond acceptors (Lipinski definition) is 8. The fourth-order valence-electron chi connectivity index (χ4n) is 4.40. The first-order valence-electron chi connectivity index (χ1n) is 11.0. The van der Waals surface area contributed by atoms with Gasteiger partial charge in [0.1, 0.15) is 10.6 Å². The highest BCUT2D eigenvalue weighted by Crippen LogP contribution is 2.43. The van der Waals surface area contributed by atoms with Crippen LogP contribution in [-0.2, 0) is 10.4 Å². The number of aliphatic hydroxyl groups is 1. The fraction of sp³-hybridized carbons (Fsp3) is 0.417. The molecule has 10 heteroatoms. The number of hydrogen-bond donors (Lipinski definition) is 3. The van der Waals surface area contributed by atoms with Crippen LogP contribution in [0.4, 0.5) is 16.0 Å². The van der Waals surface area contributed by atoms with E-state index >= 15 is 0 Å². The average Bonchev–Trinajstić information content (AvgIpc) is 3.31. The molecule has 4 rings (SSSR count). The third-order valence-electron chi connectivity index (χ3n) is 6.33. The minimum atomic E-state index is -1.13. The van der Waals surface area contributed by atoms with Gasteiger partial charge in [0, 0.05) is 11.9 Å². The summed E-state index contributed by atoms with van der Waals surface area (Å²) in [5.41, 5.74) is 1.49. The third kappa shape index (κ3) is 5.02. The zero-order chi connectivity index (χ0) is 24.5. The van der Waals surface area contributed by atoms with Gasteiger partial charge in [0.2, 0.25) is 11.8 Å². The summed E-state index contributed by atoms with van der Waals surface area (Å²) < 4.78 is 18.5. The Morgan fingerprint density at radius 3 is 2.62 bits per heavy atom. The molecule has 0 aliphatic heterocycles. The van der Waals surface area contributed by atoms with Crippen molar-refractivity contribution in [2.45, 2.75) is 45.1 Å². The predicted molar refractivity (Wildman–Crippen MR) is 127 cm³/mol. The standard InChI is InChI=1S/C24H27FN4O4S/c1-13-8-15(10-17(9-13)28-23-27-11-18(25)20(29-23)33-3)19-12-26-22(34-19)24(2,32)16-6-4-14(5-7-16)21(30)31/h8-12,14,16,32H,4-7H2,1-3H3,(H,30,31)(H,27,28,29). The number of aryl methyl sites for hydroxylation is 1. The first kappa shape index (κ1) is 24.0. The van der Waals surface area contributed by atoms with Gasteiger partial charge in [0.15, 0.2) is 0 Å². The topological polar surface area (TPSA) is 117 Å². The Morgan fingerprint density at radius 2 is 1.94 bits per heavy atom. The number of carboxylic acid groups (broad SMARTS) is 1. The Bertz CT molecular complexity index is 1190. The summed E-state index contributed by atoms with van der Waals surface area (Å²) in [5.74, 6) is -1.71. The van der Waals surface area contributed by atoms with E-state index in [4.69, 9.17) is 4.74 Å². The maximum atomic E-state index is 13.6. The maximum Gasteiger partial charge on any atom is 0.306 e. The maximum absolute atomic E-state index is 13.6. The first-order chi connectivity index (χ1) is 16.2. The van der Waals surface area contributed by atoms with E-state index in [0.29, 0.717) is 30.7 Å². The minimum Gasteiger partial charge on any atom is -0.481 e. The number of anilines is 2. The van der Waals surface area contributed by atoms with Crippen molar-refractivity contribution in [1.82, 2.24) is 15.0 Å². The van der Waals surface area contributed by atoms with E-state index in [0.717, 1.165) is 27.9 Å². The molecule has 1 aliphatic rings. The molecule has 1 fully saturated rings. The molecule has 34 heavy (non-hydrogen) atoms. The van der Waals surface area contributed by atoms with Crippen molar-refractivity contribution in [2.75, 3.05) is 12.4 Å². The highest BCUT2D eigenvalue weighted by atomic mass is 32.1. The average molecular weight is 487 g/mol. The van der Waals surface area contributed by atoms with E-state index in [2.05, 4.69) is 20.3 Å². The predicted octanol–water partition coefficient (Wildman–Crippen LogP) is 4.90. The van der Waals surface area contributed by atoms with E-state index in [1.165, 1.54) is 18.4 Å². The quantitative estimate of drug-likeness (QED) is 0.432. The lowest BCUT2D eigenvalue weighted by molar-refractivity contribution is -0.144. The second kappa shape index (κ2) is 9.63. The summed E-state index contributed by atoms with van der Waals surface area (Å²) in [6.07, 6.45) is 5.23. The molecule has 2 aromatic heterocycles. The molecular weight excluding hydrogens is 459 g/mol. The summed E-state index contributed by atoms with van der Waals surface area (Å²) >= 11 is 1.42. The fourth-order valence-corrected chi connectivity index (χ4v) is 5.43. The number of aromatic nitrogens is 3. The molecule has 3 N–H and O–H groups in total. The monoisotopic (exact) mass is 486 g/mol. The van der Waals surface area contributed by atoms with Crippen molar-refractivity contribution >= 4 is 28.9 Å². The van der Waals surface area contributed by atoms with Gasteiger partial charge in [-0.15, -0.1) is 11.3 Å². The molecule has 1 atom stereocenters. The van der Waals surface area contributed by atoms with Crippen LogP contribution in [0.3, 0.4) is 0 Å². The van der Waals surface area contributed by atoms with Crippen LogP contribution in [0.15, 0.2) is 30.6 Å². The summed E-state index contributed by atoms with van der Waals surface area (Å²) in [6.45, 7) is 3.73. The summed E-state index contributed by atoms with van der Waals surface area (Å²) in [5, 5.41) is 24.2. The van der Waals surface area contributed by atoms with Gasteiger partial charge in [-0.1, -0.05) is 6.07 Å². The molecule has 8 nitrogen and oxygen atoms in total. The van der Waals surface area contributed by atoms with Gasteiger partial charge in [-0.2, -0.15) is 9.37 Å². The Kier molecular flexibility index (Phi) is 6.81. The van der Waals surface area contributed by atoms with Crippen LogP contribution < -0.4 is 10.1 Å². The molecule has 0 amide bonds. The van der Waals surface area contributed by atoms with Crippen LogP contribution in [0.25, 0.3) is 10.4 Å². The van der Waals surface area contributed by atoms with Crippen LogP contribution >= 0.6 is 11.3 Å². The number of thiazole rings is 1. The second-order valence-electron chi connectivity index (χ2n) is 8.83. The highest BCUT2D eigenvalue weighted by molar-refractivity contribution is 7.15. The molecule has 0 bridgehead atoms. The molecule has 1 unspecified atom stereocenters. The van der Waals surface area contributed by atoms with Crippen molar-refractivity contribution in [1.29, 1.82) is 0 Å². The third-order valence-corrected chi connectivity index (χ3v) is 7.61. The molecule has 180 valence electrons. The van der Waals surface area contributed by atoms with Gasteiger partial charge in [-0.25, -0.2) is 9.97 Å². The van der Waals surface area contributed by atoms with E-state index in [1.807, 2.05) is 25.1 Å². The van der Waals surface area contributed by atoms with Gasteiger partial charge in [-0.3, -0.25) is 4.79 Å². The Balaban J connectivity index is 1.54. The molecule has 0 saturated heterocycles. The number of aliphatic carboxylic acids is 1. The van der Waals surface area contributed by atoms with Crippen molar-refractivity contribution in [3.8, 4) is 16.3 Å². The largest absolute Gasteiger partial charge is 0.481 e. The van der Waals surface area contributed by atoms with E-state index in [1.54, 1.807) is 13.1 Å². The van der Waals surface area contributed by atoms with Crippen LogP contribution in [0.2, 0.25) is 0 Å². The lowest BCUT2D eigenvalue weighted by Crippen LogP contribution is -2.35. The number of rotatable bonds is 7. The Labute approximate surface area is 200 Å². The number of carboxylic acids is 1. The number of nitrogens with one attached hydrogen (secondary N) is 1. The number of nitrogens with zero attached hydrogens (tertiary/aromatic N) is 3. The number of ether oxygens (including phenoxy) is 1. The molecule has 0 radical (unpaired) electrons. The van der Waals surface area contributed by atoms with Crippen molar-refractivity contribution < 1.29 is 24.1 Å². The number of methoxy groups -OCH3 is 1. The van der Waals surface area contributed by atoms with Gasteiger partial charge >= 0.3 is 5.97 Å². The van der Waals surface area contributed by atoms with Crippen LogP contribution in [0.1, 0.15) is 43.2 Å². The molecule has 0 spiro atoms.